The van der Waals surface area contributed by atoms with E-state index in [4.69, 9.17) is 0 Å². The third kappa shape index (κ3) is 3.18. The lowest BCUT2D eigenvalue weighted by atomic mass is 10.2. The van der Waals surface area contributed by atoms with Crippen molar-refractivity contribution in [3.63, 3.8) is 0 Å². The fraction of sp³-hybridized carbons (Fsp3) is 0.643. The number of likely N-dealkylation sites (N-methyl/N-ethyl adjacent to an activating group) is 2. The van der Waals surface area contributed by atoms with Crippen molar-refractivity contribution in [1.29, 1.82) is 0 Å². The Balaban J connectivity index is 2.31. The Kier molecular flexibility index (Phi) is 4.42. The number of carbonyl (C=O) groups excluding carboxylic acids is 1. The summed E-state index contributed by atoms with van der Waals surface area (Å²) in [5.74, 6) is 3.07. The first-order valence-electron chi connectivity index (χ1n) is 7.10. The van der Waals surface area contributed by atoms with Gasteiger partial charge in [-0.25, -0.2) is 9.97 Å². The number of nitrogens with zero attached hydrogens (tertiary/aromatic N) is 3. The van der Waals surface area contributed by atoms with Crippen molar-refractivity contribution in [1.82, 2.24) is 15.3 Å². The molecule has 0 saturated heterocycles. The molecule has 2 rings (SSSR count). The van der Waals surface area contributed by atoms with Crippen LogP contribution >= 0.6 is 0 Å². The normalized spacial score (nSPS) is 14.0. The molecule has 1 aliphatic carbocycles. The summed E-state index contributed by atoms with van der Waals surface area (Å²) in [7, 11) is 3.53. The second-order valence-corrected chi connectivity index (χ2v) is 5.21. The van der Waals surface area contributed by atoms with Gasteiger partial charge < -0.3 is 15.5 Å². The van der Waals surface area contributed by atoms with Crippen molar-refractivity contribution in [2.45, 2.75) is 32.6 Å². The second-order valence-electron chi connectivity index (χ2n) is 5.21. The molecule has 1 heterocycles. The Hall–Kier alpha value is -1.85. The molecule has 6 nitrogen and oxygen atoms in total. The van der Waals surface area contributed by atoms with Gasteiger partial charge in [0.15, 0.2) is 0 Å². The average Bonchev–Trinajstić information content (AvgIpc) is 3.25. The summed E-state index contributed by atoms with van der Waals surface area (Å²) in [6.45, 7) is 5.15. The maximum atomic E-state index is 11.5. The van der Waals surface area contributed by atoms with Crippen molar-refractivity contribution in [3.8, 4) is 0 Å². The lowest BCUT2D eigenvalue weighted by Crippen LogP contribution is -2.34. The van der Waals surface area contributed by atoms with Crippen molar-refractivity contribution in [3.05, 3.63) is 11.4 Å². The number of aromatic nitrogens is 2. The topological polar surface area (TPSA) is 70.2 Å². The first-order valence-corrected chi connectivity index (χ1v) is 7.10. The van der Waals surface area contributed by atoms with Gasteiger partial charge in [0.2, 0.25) is 5.91 Å². The number of rotatable bonds is 6. The Morgan fingerprint density at radius 3 is 2.65 bits per heavy atom. The zero-order valence-electron chi connectivity index (χ0n) is 12.7. The molecule has 2 N–H and O–H groups in total. The van der Waals surface area contributed by atoms with Crippen LogP contribution in [0.25, 0.3) is 0 Å². The van der Waals surface area contributed by atoms with Gasteiger partial charge in [-0.1, -0.05) is 0 Å². The van der Waals surface area contributed by atoms with E-state index in [9.17, 15) is 4.79 Å². The van der Waals surface area contributed by atoms with Gasteiger partial charge in [0, 0.05) is 32.1 Å². The van der Waals surface area contributed by atoms with Crippen molar-refractivity contribution >= 4 is 17.5 Å². The monoisotopic (exact) mass is 277 g/mol. The molecule has 0 bridgehead atoms. The summed E-state index contributed by atoms with van der Waals surface area (Å²) in [5.41, 5.74) is 0.989. The van der Waals surface area contributed by atoms with Crippen LogP contribution in [0.2, 0.25) is 0 Å². The highest BCUT2D eigenvalue weighted by molar-refractivity contribution is 5.81. The summed E-state index contributed by atoms with van der Waals surface area (Å²) < 4.78 is 0. The fourth-order valence-electron chi connectivity index (χ4n) is 2.13. The van der Waals surface area contributed by atoms with E-state index in [0.717, 1.165) is 42.4 Å². The van der Waals surface area contributed by atoms with E-state index in [0.29, 0.717) is 12.5 Å². The second kappa shape index (κ2) is 6.07. The van der Waals surface area contributed by atoms with Crippen LogP contribution < -0.4 is 15.5 Å². The van der Waals surface area contributed by atoms with E-state index in [1.54, 1.807) is 7.05 Å². The highest BCUT2D eigenvalue weighted by atomic mass is 16.1. The molecule has 0 spiro atoms. The molecule has 0 atom stereocenters. The summed E-state index contributed by atoms with van der Waals surface area (Å²) in [5, 5.41) is 5.92. The molecular formula is C14H23N5O. The molecule has 1 aromatic heterocycles. The van der Waals surface area contributed by atoms with Gasteiger partial charge in [0.25, 0.3) is 0 Å². The largest absolute Gasteiger partial charge is 0.370 e. The van der Waals surface area contributed by atoms with Gasteiger partial charge in [-0.2, -0.15) is 0 Å². The number of hydrogen-bond donors (Lipinski definition) is 2. The predicted octanol–water partition coefficient (Wildman–Crippen LogP) is 1.28. The lowest BCUT2D eigenvalue weighted by molar-refractivity contribution is -0.119. The molecule has 0 aromatic carbocycles. The molecule has 0 aliphatic heterocycles. The molecule has 110 valence electrons. The SMILES string of the molecule is CCNc1nc(C2CC2)nc(N(C)CC(=O)NC)c1C. The van der Waals surface area contributed by atoms with Crippen LogP contribution in [0.15, 0.2) is 0 Å². The third-order valence-electron chi connectivity index (χ3n) is 3.45. The number of amides is 1. The van der Waals surface area contributed by atoms with Crippen LogP contribution in [-0.4, -0.2) is 43.1 Å². The van der Waals surface area contributed by atoms with Crippen LogP contribution in [0.4, 0.5) is 11.6 Å². The molecule has 1 saturated carbocycles. The van der Waals surface area contributed by atoms with Crippen LogP contribution in [-0.2, 0) is 4.79 Å². The Labute approximate surface area is 120 Å². The van der Waals surface area contributed by atoms with Crippen LogP contribution in [0, 0.1) is 6.92 Å². The van der Waals surface area contributed by atoms with E-state index in [1.165, 1.54) is 0 Å². The zero-order chi connectivity index (χ0) is 14.7. The maximum Gasteiger partial charge on any atom is 0.239 e. The van der Waals surface area contributed by atoms with Crippen LogP contribution in [0.3, 0.4) is 0 Å². The highest BCUT2D eigenvalue weighted by Crippen LogP contribution is 2.39. The number of nitrogens with one attached hydrogen (secondary N) is 2. The number of carbonyl (C=O) groups is 1. The fourth-order valence-corrected chi connectivity index (χ4v) is 2.13. The van der Waals surface area contributed by atoms with E-state index < -0.39 is 0 Å². The minimum Gasteiger partial charge on any atom is -0.370 e. The molecule has 0 radical (unpaired) electrons. The standard InChI is InChI=1S/C14H23N5O/c1-5-16-12-9(2)14(19(4)8-11(20)15-3)18-13(17-12)10-6-7-10/h10H,5-8H2,1-4H3,(H,15,20)(H,16,17,18). The molecule has 1 amide bonds. The van der Waals surface area contributed by atoms with Crippen LogP contribution in [0.1, 0.15) is 37.1 Å². The van der Waals surface area contributed by atoms with Gasteiger partial charge in [0.05, 0.1) is 6.54 Å². The van der Waals surface area contributed by atoms with Gasteiger partial charge in [-0.05, 0) is 26.7 Å². The van der Waals surface area contributed by atoms with E-state index >= 15 is 0 Å². The van der Waals surface area contributed by atoms with Crippen molar-refractivity contribution in [2.24, 2.45) is 0 Å². The van der Waals surface area contributed by atoms with E-state index in [1.807, 2.05) is 25.8 Å². The minimum atomic E-state index is -0.0246. The molecule has 1 aliphatic rings. The maximum absolute atomic E-state index is 11.5. The minimum absolute atomic E-state index is 0.0246. The van der Waals surface area contributed by atoms with E-state index in [2.05, 4.69) is 20.6 Å². The molecule has 1 aromatic rings. The Morgan fingerprint density at radius 2 is 2.10 bits per heavy atom. The Morgan fingerprint density at radius 1 is 1.40 bits per heavy atom. The number of hydrogen-bond acceptors (Lipinski definition) is 5. The summed E-state index contributed by atoms with van der Waals surface area (Å²) in [6.07, 6.45) is 2.32. The van der Waals surface area contributed by atoms with Crippen LogP contribution in [0.5, 0.6) is 0 Å². The zero-order valence-corrected chi connectivity index (χ0v) is 12.7. The smallest absolute Gasteiger partial charge is 0.239 e. The first-order chi connectivity index (χ1) is 9.56. The molecular weight excluding hydrogens is 254 g/mol. The lowest BCUT2D eigenvalue weighted by Gasteiger charge is -2.21. The third-order valence-corrected chi connectivity index (χ3v) is 3.45. The van der Waals surface area contributed by atoms with Gasteiger partial charge >= 0.3 is 0 Å². The van der Waals surface area contributed by atoms with Gasteiger partial charge in [-0.3, -0.25) is 4.79 Å². The first kappa shape index (κ1) is 14.6. The molecule has 1 fully saturated rings. The van der Waals surface area contributed by atoms with Crippen molar-refractivity contribution < 1.29 is 4.79 Å². The molecule has 20 heavy (non-hydrogen) atoms. The predicted molar refractivity (Wildman–Crippen MR) is 80.2 cm³/mol. The van der Waals surface area contributed by atoms with Gasteiger partial charge in [-0.15, -0.1) is 0 Å². The molecule has 6 heteroatoms. The Bertz CT molecular complexity index is 499. The molecule has 0 unspecified atom stereocenters. The average molecular weight is 277 g/mol. The van der Waals surface area contributed by atoms with E-state index in [-0.39, 0.29) is 5.91 Å². The summed E-state index contributed by atoms with van der Waals surface area (Å²) in [6, 6.07) is 0. The quantitative estimate of drug-likeness (QED) is 0.819. The van der Waals surface area contributed by atoms with Gasteiger partial charge in [0.1, 0.15) is 17.5 Å². The van der Waals surface area contributed by atoms with Crippen molar-refractivity contribution in [2.75, 3.05) is 37.4 Å². The summed E-state index contributed by atoms with van der Waals surface area (Å²) >= 11 is 0. The number of anilines is 2. The summed E-state index contributed by atoms with van der Waals surface area (Å²) in [4.78, 5) is 22.7. The highest BCUT2D eigenvalue weighted by Gasteiger charge is 2.28.